The fourth-order valence-corrected chi connectivity index (χ4v) is 4.02. The minimum absolute atomic E-state index is 0.158. The van der Waals surface area contributed by atoms with E-state index in [0.717, 1.165) is 0 Å². The lowest BCUT2D eigenvalue weighted by molar-refractivity contribution is 0.0443. The lowest BCUT2D eigenvalue weighted by Crippen LogP contribution is -2.48. The zero-order chi connectivity index (χ0) is 14.7. The third-order valence-electron chi connectivity index (χ3n) is 5.11. The number of carbonyl (C=O) groups is 1. The second-order valence-electron chi connectivity index (χ2n) is 6.64. The lowest BCUT2D eigenvalue weighted by atomic mass is 9.88. The maximum Gasteiger partial charge on any atom is 0.270 e. The van der Waals surface area contributed by atoms with E-state index < -0.39 is 0 Å². The van der Waals surface area contributed by atoms with Gasteiger partial charge < -0.3 is 15.6 Å². The highest BCUT2D eigenvalue weighted by molar-refractivity contribution is 5.93. The van der Waals surface area contributed by atoms with Crippen molar-refractivity contribution in [1.29, 1.82) is 0 Å². The maximum atomic E-state index is 13.0. The van der Waals surface area contributed by atoms with Gasteiger partial charge >= 0.3 is 0 Å². The Morgan fingerprint density at radius 1 is 1.00 bits per heavy atom. The van der Waals surface area contributed by atoms with Crippen molar-refractivity contribution in [3.63, 3.8) is 0 Å². The molecule has 0 bridgehead atoms. The van der Waals surface area contributed by atoms with Crippen LogP contribution in [0.1, 0.15) is 74.7 Å². The molecule has 3 N–H and O–H groups in total. The van der Waals surface area contributed by atoms with E-state index in [4.69, 9.17) is 5.73 Å². The number of nitrogens with one attached hydrogen (secondary N) is 1. The molecule has 1 amide bonds. The number of nitrogen functional groups attached to an aromatic ring is 1. The first-order valence-corrected chi connectivity index (χ1v) is 8.52. The van der Waals surface area contributed by atoms with Crippen LogP contribution in [0.2, 0.25) is 0 Å². The summed E-state index contributed by atoms with van der Waals surface area (Å²) in [4.78, 5) is 18.3. The number of aromatic nitrogens is 1. The maximum absolute atomic E-state index is 13.0. The Labute approximate surface area is 127 Å². The first-order valence-electron chi connectivity index (χ1n) is 8.52. The Bertz CT molecular complexity index is 452. The Balaban J connectivity index is 1.81. The van der Waals surface area contributed by atoms with Crippen molar-refractivity contribution < 1.29 is 4.79 Å². The molecule has 4 heteroatoms. The lowest BCUT2D eigenvalue weighted by Gasteiger charge is -2.41. The molecular weight excluding hydrogens is 262 g/mol. The van der Waals surface area contributed by atoms with Gasteiger partial charge in [0.2, 0.25) is 0 Å². The van der Waals surface area contributed by atoms with Crippen LogP contribution in [0.25, 0.3) is 0 Å². The van der Waals surface area contributed by atoms with Gasteiger partial charge in [0, 0.05) is 24.0 Å². The van der Waals surface area contributed by atoms with Gasteiger partial charge in [-0.2, -0.15) is 0 Å². The number of nitrogens with zero attached hydrogens (tertiary/aromatic N) is 1. The number of rotatable bonds is 3. The van der Waals surface area contributed by atoms with Gasteiger partial charge in [0.1, 0.15) is 5.69 Å². The van der Waals surface area contributed by atoms with Crippen molar-refractivity contribution in [2.75, 3.05) is 5.73 Å². The molecule has 4 nitrogen and oxygen atoms in total. The first-order chi connectivity index (χ1) is 10.3. The summed E-state index contributed by atoms with van der Waals surface area (Å²) in [6.45, 7) is 0. The van der Waals surface area contributed by atoms with Gasteiger partial charge in [0.15, 0.2) is 0 Å². The van der Waals surface area contributed by atoms with E-state index in [9.17, 15) is 4.79 Å². The van der Waals surface area contributed by atoms with E-state index >= 15 is 0 Å². The van der Waals surface area contributed by atoms with Crippen molar-refractivity contribution >= 4 is 11.6 Å². The Morgan fingerprint density at radius 3 is 1.95 bits per heavy atom. The van der Waals surface area contributed by atoms with Crippen molar-refractivity contribution in [2.45, 2.75) is 76.3 Å². The van der Waals surface area contributed by atoms with Crippen LogP contribution in [-0.2, 0) is 0 Å². The molecular formula is C17H27N3O. The molecule has 0 radical (unpaired) electrons. The molecule has 0 unspecified atom stereocenters. The summed E-state index contributed by atoms with van der Waals surface area (Å²) in [5.41, 5.74) is 7.07. The van der Waals surface area contributed by atoms with Gasteiger partial charge in [-0.05, 0) is 31.7 Å². The molecule has 0 atom stereocenters. The summed E-state index contributed by atoms with van der Waals surface area (Å²) in [5, 5.41) is 0. The molecule has 116 valence electrons. The molecule has 2 fully saturated rings. The molecule has 1 heterocycles. The number of nitrogens with two attached hydrogens (primary N) is 1. The Hall–Kier alpha value is -1.45. The number of amides is 1. The van der Waals surface area contributed by atoms with Crippen LogP contribution in [0.3, 0.4) is 0 Å². The minimum Gasteiger partial charge on any atom is -0.397 e. The Morgan fingerprint density at radius 2 is 1.52 bits per heavy atom. The molecule has 21 heavy (non-hydrogen) atoms. The van der Waals surface area contributed by atoms with E-state index in [0.29, 0.717) is 23.5 Å². The number of carbonyl (C=O) groups excluding carboxylic acids is 1. The molecule has 0 saturated heterocycles. The predicted molar refractivity (Wildman–Crippen MR) is 85.1 cm³/mol. The highest BCUT2D eigenvalue weighted by Gasteiger charge is 2.33. The minimum atomic E-state index is 0.158. The molecule has 1 aromatic rings. The van der Waals surface area contributed by atoms with Crippen LogP contribution in [-0.4, -0.2) is 27.9 Å². The van der Waals surface area contributed by atoms with E-state index in [-0.39, 0.29) is 5.91 Å². The summed E-state index contributed by atoms with van der Waals surface area (Å²) >= 11 is 0. The normalized spacial score (nSPS) is 21.3. The largest absolute Gasteiger partial charge is 0.397 e. The SMILES string of the molecule is Nc1c[nH]c(C(=O)N(C2CCCCC2)C2CCCCC2)c1. The molecule has 2 aliphatic carbocycles. The van der Waals surface area contributed by atoms with Crippen molar-refractivity contribution in [3.8, 4) is 0 Å². The summed E-state index contributed by atoms with van der Waals surface area (Å²) in [6, 6.07) is 2.64. The van der Waals surface area contributed by atoms with Crippen LogP contribution in [0.15, 0.2) is 12.3 Å². The standard InChI is InChI=1S/C17H27N3O/c18-13-11-16(19-12-13)17(21)20(14-7-3-1-4-8-14)15-9-5-2-6-10-15/h11-12,14-15,19H,1-10,18H2. The number of H-pyrrole nitrogens is 1. The van der Waals surface area contributed by atoms with Gasteiger partial charge in [0.25, 0.3) is 5.91 Å². The molecule has 2 aliphatic rings. The van der Waals surface area contributed by atoms with Crippen LogP contribution >= 0.6 is 0 Å². The quantitative estimate of drug-likeness (QED) is 0.891. The second kappa shape index (κ2) is 6.54. The first kappa shape index (κ1) is 14.5. The van der Waals surface area contributed by atoms with E-state index in [1.807, 2.05) is 0 Å². The zero-order valence-corrected chi connectivity index (χ0v) is 12.8. The molecule has 0 aromatic carbocycles. The number of aromatic amines is 1. The molecule has 2 saturated carbocycles. The summed E-state index contributed by atoms with van der Waals surface area (Å²) in [5.74, 6) is 0.158. The van der Waals surface area contributed by atoms with Gasteiger partial charge in [-0.3, -0.25) is 4.79 Å². The second-order valence-corrected chi connectivity index (χ2v) is 6.64. The monoisotopic (exact) mass is 289 g/mol. The number of hydrogen-bond donors (Lipinski definition) is 2. The summed E-state index contributed by atoms with van der Waals surface area (Å²) < 4.78 is 0. The van der Waals surface area contributed by atoms with Gasteiger partial charge in [-0.15, -0.1) is 0 Å². The summed E-state index contributed by atoms with van der Waals surface area (Å²) in [7, 11) is 0. The topological polar surface area (TPSA) is 62.1 Å². The van der Waals surface area contributed by atoms with Gasteiger partial charge in [-0.25, -0.2) is 0 Å². The smallest absolute Gasteiger partial charge is 0.270 e. The van der Waals surface area contributed by atoms with E-state index in [2.05, 4.69) is 9.88 Å². The highest BCUT2D eigenvalue weighted by Crippen LogP contribution is 2.31. The third-order valence-corrected chi connectivity index (χ3v) is 5.11. The number of hydrogen-bond acceptors (Lipinski definition) is 2. The van der Waals surface area contributed by atoms with Crippen molar-refractivity contribution in [3.05, 3.63) is 18.0 Å². The van der Waals surface area contributed by atoms with Gasteiger partial charge in [-0.1, -0.05) is 38.5 Å². The average molecular weight is 289 g/mol. The molecule has 0 aliphatic heterocycles. The van der Waals surface area contributed by atoms with E-state index in [1.165, 1.54) is 64.2 Å². The molecule has 3 rings (SSSR count). The highest BCUT2D eigenvalue weighted by atomic mass is 16.2. The fourth-order valence-electron chi connectivity index (χ4n) is 4.02. The van der Waals surface area contributed by atoms with Crippen LogP contribution < -0.4 is 5.73 Å². The van der Waals surface area contributed by atoms with Crippen LogP contribution in [0, 0.1) is 0 Å². The molecule has 0 spiro atoms. The van der Waals surface area contributed by atoms with Gasteiger partial charge in [0.05, 0.1) is 0 Å². The van der Waals surface area contributed by atoms with Crippen LogP contribution in [0.5, 0.6) is 0 Å². The van der Waals surface area contributed by atoms with Crippen molar-refractivity contribution in [1.82, 2.24) is 9.88 Å². The third kappa shape index (κ3) is 3.25. The van der Waals surface area contributed by atoms with Crippen molar-refractivity contribution in [2.24, 2.45) is 0 Å². The van der Waals surface area contributed by atoms with Crippen LogP contribution in [0.4, 0.5) is 5.69 Å². The number of anilines is 1. The summed E-state index contributed by atoms with van der Waals surface area (Å²) in [6.07, 6.45) is 14.0. The average Bonchev–Trinajstić information content (AvgIpc) is 2.96. The Kier molecular flexibility index (Phi) is 4.51. The zero-order valence-electron chi connectivity index (χ0n) is 12.8. The predicted octanol–water partition coefficient (Wildman–Crippen LogP) is 3.70. The molecule has 1 aromatic heterocycles. The fraction of sp³-hybridized carbons (Fsp3) is 0.706. The van der Waals surface area contributed by atoms with E-state index in [1.54, 1.807) is 12.3 Å².